The van der Waals surface area contributed by atoms with Gasteiger partial charge < -0.3 is 14.4 Å². The highest BCUT2D eigenvalue weighted by atomic mass is 19.3. The fraction of sp³-hybridized carbons (Fsp3) is 0.360. The number of amides is 1. The number of benzene rings is 2. The van der Waals surface area contributed by atoms with E-state index in [0.29, 0.717) is 29.9 Å². The van der Waals surface area contributed by atoms with Crippen molar-refractivity contribution in [1.82, 2.24) is 14.5 Å². The number of ether oxygens (including phenoxy) is 2. The summed E-state index contributed by atoms with van der Waals surface area (Å²) >= 11 is 0. The Bertz CT molecular complexity index is 1290. The molecular weight excluding hydrogens is 428 g/mol. The van der Waals surface area contributed by atoms with Gasteiger partial charge >= 0.3 is 6.61 Å². The van der Waals surface area contributed by atoms with Crippen molar-refractivity contribution in [3.63, 3.8) is 0 Å². The van der Waals surface area contributed by atoms with Crippen molar-refractivity contribution >= 4 is 16.9 Å². The average molecular weight is 451 g/mol. The van der Waals surface area contributed by atoms with E-state index in [1.54, 1.807) is 28.6 Å². The van der Waals surface area contributed by atoms with Crippen molar-refractivity contribution in [2.24, 2.45) is 5.92 Å². The molecule has 0 saturated carbocycles. The Morgan fingerprint density at radius 2 is 2.15 bits per heavy atom. The van der Waals surface area contributed by atoms with Crippen LogP contribution in [0.3, 0.4) is 0 Å². The molecular formula is C25H23F2N3O3. The molecule has 0 radical (unpaired) electrons. The molecule has 2 aliphatic heterocycles. The van der Waals surface area contributed by atoms with Gasteiger partial charge in [0.25, 0.3) is 5.91 Å². The van der Waals surface area contributed by atoms with Crippen LogP contribution in [-0.4, -0.2) is 47.2 Å². The predicted octanol–water partition coefficient (Wildman–Crippen LogP) is 4.55. The number of rotatable bonds is 3. The second-order valence-corrected chi connectivity index (χ2v) is 8.21. The maximum atomic E-state index is 13.3. The summed E-state index contributed by atoms with van der Waals surface area (Å²) in [5.41, 5.74) is 2.72. The molecule has 3 aromatic rings. The molecule has 3 heterocycles. The summed E-state index contributed by atoms with van der Waals surface area (Å²) in [5.74, 6) is 6.91. The average Bonchev–Trinajstić information content (AvgIpc) is 3.43. The highest BCUT2D eigenvalue weighted by Crippen LogP contribution is 2.40. The molecule has 6 nitrogen and oxygen atoms in total. The van der Waals surface area contributed by atoms with E-state index < -0.39 is 6.61 Å². The molecule has 1 aromatic heterocycles. The summed E-state index contributed by atoms with van der Waals surface area (Å²) in [6.45, 7) is 0.289. The van der Waals surface area contributed by atoms with Gasteiger partial charge in [-0.15, -0.1) is 0 Å². The highest BCUT2D eigenvalue weighted by molar-refractivity contribution is 6.00. The Kier molecular flexibility index (Phi) is 5.51. The van der Waals surface area contributed by atoms with E-state index >= 15 is 0 Å². The van der Waals surface area contributed by atoms with Crippen LogP contribution in [0.2, 0.25) is 0 Å². The standard InChI is InChI=1S/C25H23F2N3O3/c1-3-19-23-28-18-10-9-15(7-8-16-11-12-32-14-16)13-20(18)30(23)22-17(24(31)29(19)2)5-4-6-21(22)33-25(26)27/h4-6,9-10,13,16,19,25H,3,11-12,14H2,1-2H3/t16?,19-/m1/s1. The van der Waals surface area contributed by atoms with Gasteiger partial charge in [-0.05, 0) is 43.2 Å². The lowest BCUT2D eigenvalue weighted by Crippen LogP contribution is -2.30. The van der Waals surface area contributed by atoms with Crippen molar-refractivity contribution in [3.8, 4) is 23.3 Å². The minimum Gasteiger partial charge on any atom is -0.433 e. The van der Waals surface area contributed by atoms with Crippen molar-refractivity contribution < 1.29 is 23.0 Å². The molecule has 0 bridgehead atoms. The molecule has 2 aliphatic rings. The first kappa shape index (κ1) is 21.4. The number of hydrogen-bond donors (Lipinski definition) is 0. The second kappa shape index (κ2) is 8.49. The van der Waals surface area contributed by atoms with E-state index in [2.05, 4.69) is 11.8 Å². The van der Waals surface area contributed by atoms with Gasteiger partial charge in [0.05, 0.1) is 29.2 Å². The first-order valence-electron chi connectivity index (χ1n) is 10.9. The third-order valence-electron chi connectivity index (χ3n) is 6.17. The third-order valence-corrected chi connectivity index (χ3v) is 6.17. The SMILES string of the molecule is CC[C@@H]1c2nc3ccc(C#CC4CCOC4)cc3n2-c2c(OC(F)F)cccc2C(=O)N1C. The predicted molar refractivity (Wildman–Crippen MR) is 119 cm³/mol. The molecule has 0 N–H and O–H groups in total. The number of alkyl halides is 2. The minimum absolute atomic E-state index is 0.0684. The Hall–Kier alpha value is -3.44. The van der Waals surface area contributed by atoms with Crippen LogP contribution in [0.5, 0.6) is 5.75 Å². The Labute approximate surface area is 190 Å². The van der Waals surface area contributed by atoms with Crippen molar-refractivity contribution in [3.05, 3.63) is 53.3 Å². The molecule has 0 spiro atoms. The van der Waals surface area contributed by atoms with Crippen LogP contribution in [0, 0.1) is 17.8 Å². The molecule has 33 heavy (non-hydrogen) atoms. The maximum absolute atomic E-state index is 13.3. The summed E-state index contributed by atoms with van der Waals surface area (Å²) < 4.78 is 38.5. The van der Waals surface area contributed by atoms with Gasteiger partial charge in [-0.3, -0.25) is 9.36 Å². The van der Waals surface area contributed by atoms with Gasteiger partial charge in [0.15, 0.2) is 5.75 Å². The van der Waals surface area contributed by atoms with Gasteiger partial charge in [0, 0.05) is 25.1 Å². The summed E-state index contributed by atoms with van der Waals surface area (Å²) in [6, 6.07) is 9.96. The summed E-state index contributed by atoms with van der Waals surface area (Å²) in [5, 5.41) is 0. The quantitative estimate of drug-likeness (QED) is 0.549. The maximum Gasteiger partial charge on any atom is 0.387 e. The molecule has 170 valence electrons. The lowest BCUT2D eigenvalue weighted by Gasteiger charge is -2.24. The molecule has 1 unspecified atom stereocenters. The molecule has 2 aromatic carbocycles. The van der Waals surface area contributed by atoms with E-state index in [-0.39, 0.29) is 34.9 Å². The molecule has 1 saturated heterocycles. The van der Waals surface area contributed by atoms with E-state index in [1.165, 1.54) is 6.07 Å². The van der Waals surface area contributed by atoms with Gasteiger partial charge in [-0.2, -0.15) is 8.78 Å². The minimum atomic E-state index is -3.03. The number of carbonyl (C=O) groups excluding carboxylic acids is 1. The van der Waals surface area contributed by atoms with Crippen LogP contribution in [0.15, 0.2) is 36.4 Å². The van der Waals surface area contributed by atoms with Gasteiger partial charge in [-0.25, -0.2) is 4.98 Å². The van der Waals surface area contributed by atoms with Crippen molar-refractivity contribution in [1.29, 1.82) is 0 Å². The number of fused-ring (bicyclic) bond motifs is 5. The fourth-order valence-corrected chi connectivity index (χ4v) is 4.54. The Balaban J connectivity index is 1.76. The summed E-state index contributed by atoms with van der Waals surface area (Å²) in [4.78, 5) is 19.7. The van der Waals surface area contributed by atoms with E-state index in [0.717, 1.165) is 18.6 Å². The van der Waals surface area contributed by atoms with Gasteiger partial charge in [-0.1, -0.05) is 24.8 Å². The van der Waals surface area contributed by atoms with Crippen LogP contribution < -0.4 is 4.74 Å². The third kappa shape index (κ3) is 3.72. The van der Waals surface area contributed by atoms with E-state index in [9.17, 15) is 13.6 Å². The Morgan fingerprint density at radius 3 is 2.88 bits per heavy atom. The second-order valence-electron chi connectivity index (χ2n) is 8.21. The van der Waals surface area contributed by atoms with Crippen LogP contribution in [0.4, 0.5) is 8.78 Å². The number of para-hydroxylation sites is 1. The lowest BCUT2D eigenvalue weighted by atomic mass is 10.1. The van der Waals surface area contributed by atoms with Gasteiger partial charge in [0.1, 0.15) is 11.5 Å². The molecule has 1 fully saturated rings. The largest absolute Gasteiger partial charge is 0.433 e. The zero-order valence-electron chi connectivity index (χ0n) is 18.3. The summed E-state index contributed by atoms with van der Waals surface area (Å²) in [7, 11) is 1.70. The number of aromatic nitrogens is 2. The smallest absolute Gasteiger partial charge is 0.387 e. The van der Waals surface area contributed by atoms with Crippen molar-refractivity contribution in [2.45, 2.75) is 32.4 Å². The number of halogens is 2. The van der Waals surface area contributed by atoms with Crippen molar-refractivity contribution in [2.75, 3.05) is 20.3 Å². The first-order valence-corrected chi connectivity index (χ1v) is 10.9. The van der Waals surface area contributed by atoms with E-state index in [4.69, 9.17) is 14.5 Å². The Morgan fingerprint density at radius 1 is 1.30 bits per heavy atom. The van der Waals surface area contributed by atoms with Crippen LogP contribution in [-0.2, 0) is 4.74 Å². The number of imidazole rings is 1. The molecule has 2 atom stereocenters. The number of nitrogens with zero attached hydrogens (tertiary/aromatic N) is 3. The topological polar surface area (TPSA) is 56.6 Å². The van der Waals surface area contributed by atoms with Crippen LogP contribution in [0.25, 0.3) is 16.7 Å². The zero-order chi connectivity index (χ0) is 23.1. The number of carbonyl (C=O) groups is 1. The molecule has 8 heteroatoms. The zero-order valence-corrected chi connectivity index (χ0v) is 18.3. The fourth-order valence-electron chi connectivity index (χ4n) is 4.54. The molecule has 5 rings (SSSR count). The van der Waals surface area contributed by atoms with Gasteiger partial charge in [0.2, 0.25) is 0 Å². The van der Waals surface area contributed by atoms with Crippen LogP contribution in [0.1, 0.15) is 47.6 Å². The number of hydrogen-bond acceptors (Lipinski definition) is 4. The summed E-state index contributed by atoms with van der Waals surface area (Å²) in [6.07, 6.45) is 1.52. The first-order chi connectivity index (χ1) is 16.0. The van der Waals surface area contributed by atoms with E-state index in [1.807, 2.05) is 25.1 Å². The monoisotopic (exact) mass is 451 g/mol. The highest BCUT2D eigenvalue weighted by Gasteiger charge is 2.35. The molecule has 0 aliphatic carbocycles. The molecule has 1 amide bonds. The lowest BCUT2D eigenvalue weighted by molar-refractivity contribution is -0.0498. The normalized spacial score (nSPS) is 19.8. The van der Waals surface area contributed by atoms with Crippen LogP contribution >= 0.6 is 0 Å².